The Hall–Kier alpha value is -2.48. The van der Waals surface area contributed by atoms with Gasteiger partial charge in [0.25, 0.3) is 0 Å². The zero-order valence-electron chi connectivity index (χ0n) is 20.3. The Morgan fingerprint density at radius 3 is 1.91 bits per heavy atom. The topological polar surface area (TPSA) is 99.8 Å². The van der Waals surface area contributed by atoms with Crippen LogP contribution in [0.3, 0.4) is 0 Å². The minimum absolute atomic E-state index is 0. The van der Waals surface area contributed by atoms with Crippen LogP contribution in [0.4, 0.5) is 0 Å². The van der Waals surface area contributed by atoms with E-state index in [9.17, 15) is 0 Å². The van der Waals surface area contributed by atoms with Crippen LogP contribution in [-0.2, 0) is 36.2 Å². The van der Waals surface area contributed by atoms with Crippen molar-refractivity contribution in [3.63, 3.8) is 0 Å². The van der Waals surface area contributed by atoms with E-state index < -0.39 is 0 Å². The summed E-state index contributed by atoms with van der Waals surface area (Å²) in [6.07, 6.45) is 7.03. The molecule has 184 valence electrons. The average molecular weight is 508 g/mol. The summed E-state index contributed by atoms with van der Waals surface area (Å²) < 4.78 is 33.6. The number of allylic oxidation sites excluding steroid dienone is 1. The normalized spacial score (nSPS) is 15.4. The van der Waals surface area contributed by atoms with Crippen molar-refractivity contribution in [3.8, 4) is 11.5 Å². The van der Waals surface area contributed by atoms with Crippen LogP contribution in [0, 0.1) is 20.0 Å². The average Bonchev–Trinajstić information content (AvgIpc) is 2.86. The van der Waals surface area contributed by atoms with Crippen LogP contribution in [-0.4, -0.2) is 26.5 Å². The molecule has 1 aromatic rings. The number of benzene rings is 1. The van der Waals surface area contributed by atoms with Crippen molar-refractivity contribution in [3.05, 3.63) is 68.0 Å². The number of oxime groups is 1. The van der Waals surface area contributed by atoms with Gasteiger partial charge in [0.1, 0.15) is 6.61 Å². The number of hydrogen-bond acceptors (Lipinski definition) is 4. The Morgan fingerprint density at radius 2 is 1.47 bits per heavy atom. The van der Waals surface area contributed by atoms with E-state index in [1.165, 1.54) is 29.5 Å². The van der Waals surface area contributed by atoms with Gasteiger partial charge in [-0.3, -0.25) is 0 Å². The van der Waals surface area contributed by atoms with Gasteiger partial charge in [-0.2, -0.15) is 0 Å². The Labute approximate surface area is 214 Å². The zero-order valence-corrected chi connectivity index (χ0v) is 21.6. The number of fused-ring (bicyclic) bond motifs is 1. The van der Waals surface area contributed by atoms with Gasteiger partial charge in [-0.1, -0.05) is 23.4 Å². The summed E-state index contributed by atoms with van der Waals surface area (Å²) >= 11 is 0. The van der Waals surface area contributed by atoms with Gasteiger partial charge >= 0.3 is 33.9 Å². The first-order valence-electron chi connectivity index (χ1n) is 10.3. The van der Waals surface area contributed by atoms with E-state index >= 15 is 0 Å². The van der Waals surface area contributed by atoms with E-state index in [0.29, 0.717) is 18.4 Å². The van der Waals surface area contributed by atoms with Crippen molar-refractivity contribution in [1.29, 1.82) is 0 Å². The number of rotatable bonds is 10. The number of hydrogen-bond donors (Lipinski definition) is 0. The van der Waals surface area contributed by atoms with E-state index in [4.69, 9.17) is 28.3 Å². The summed E-state index contributed by atoms with van der Waals surface area (Å²) in [4.78, 5) is 5.21. The molecule has 0 aliphatic heterocycles. The van der Waals surface area contributed by atoms with Crippen LogP contribution in [0.5, 0.6) is 11.5 Å². The molecular formula is C26H33CrNO6. The summed E-state index contributed by atoms with van der Waals surface area (Å²) in [7, 11) is 3.39. The minimum atomic E-state index is 0. The predicted octanol–water partition coefficient (Wildman–Crippen LogP) is 5.87. The molecule has 0 saturated heterocycles. The molecule has 0 unspecified atom stereocenters. The Bertz CT molecular complexity index is 814. The van der Waals surface area contributed by atoms with Crippen LogP contribution in [0.2, 0.25) is 0 Å². The van der Waals surface area contributed by atoms with Crippen molar-refractivity contribution in [2.75, 3.05) is 20.8 Å². The molecule has 0 N–H and O–H groups in total. The van der Waals surface area contributed by atoms with Gasteiger partial charge in [-0.15, -0.1) is 6.58 Å². The quantitative estimate of drug-likeness (QED) is 0.0988. The zero-order chi connectivity index (χ0) is 25.8. The van der Waals surface area contributed by atoms with Crippen LogP contribution in [0.1, 0.15) is 68.9 Å². The third-order valence-corrected chi connectivity index (χ3v) is 5.19. The summed E-state index contributed by atoms with van der Waals surface area (Å²) in [6, 6.07) is 4.34. The van der Waals surface area contributed by atoms with E-state index in [-0.39, 0.29) is 17.4 Å². The molecule has 0 saturated carbocycles. The van der Waals surface area contributed by atoms with Gasteiger partial charge in [0.05, 0.1) is 19.9 Å². The third kappa shape index (κ3) is 12.1. The van der Waals surface area contributed by atoms with E-state index in [2.05, 4.69) is 57.3 Å². The van der Waals surface area contributed by atoms with Crippen LogP contribution >= 0.6 is 0 Å². The standard InChI is InChI=1S/C23H33NO3.3CO.Cr/c1-7-12-27-24-17(4)8-9-18-10-11-19(13-16(2)3)21-15-23(26-6)22(25-5)14-20(18)21;3*1-2;/h7,14-15,18-19H,1-2,8-13H2,3-6H3;;;;/b24-17+;;;;/t18-,19-;;;;/m1..../s1. The van der Waals surface area contributed by atoms with Crippen LogP contribution < -0.4 is 9.47 Å². The fourth-order valence-corrected chi connectivity index (χ4v) is 3.89. The minimum Gasteiger partial charge on any atom is 0 e. The van der Waals surface area contributed by atoms with Crippen molar-refractivity contribution in [1.82, 2.24) is 0 Å². The molecule has 0 spiro atoms. The maximum Gasteiger partial charge on any atom is 0 e. The fourth-order valence-electron chi connectivity index (χ4n) is 3.89. The Balaban J connectivity index is -0.00000127. The first-order valence-corrected chi connectivity index (χ1v) is 10.3. The first-order chi connectivity index (χ1) is 16.0. The second kappa shape index (κ2) is 22.3. The van der Waals surface area contributed by atoms with Gasteiger partial charge < -0.3 is 14.3 Å². The fraction of sp³-hybridized carbons (Fsp3) is 0.462. The maximum absolute atomic E-state index is 7.50. The molecule has 0 amide bonds. The molecule has 0 heterocycles. The molecular weight excluding hydrogens is 474 g/mol. The SMILES string of the molecule is C=CCO/N=C(\C)CC[C@@H]1CC[C@H](CC(=C)C)c2cc(OC)c(OC)cc21.[C-]#[O+].[C-]#[O+].[C-]#[O+].[Cr]. The Morgan fingerprint density at radius 1 is 1.00 bits per heavy atom. The Kier molecular flexibility index (Phi) is 23.7. The summed E-state index contributed by atoms with van der Waals surface area (Å²) in [5, 5.41) is 4.16. The van der Waals surface area contributed by atoms with Crippen molar-refractivity contribution in [2.24, 2.45) is 5.16 Å². The van der Waals surface area contributed by atoms with Gasteiger partial charge in [-0.25, -0.2) is 0 Å². The number of nitrogens with zero attached hydrogens (tertiary/aromatic N) is 1. The van der Waals surface area contributed by atoms with Crippen LogP contribution in [0.25, 0.3) is 0 Å². The summed E-state index contributed by atoms with van der Waals surface area (Å²) in [6.45, 7) is 25.8. The monoisotopic (exact) mass is 507 g/mol. The van der Waals surface area contributed by atoms with E-state index in [1.807, 2.05) is 6.92 Å². The number of ether oxygens (including phenoxy) is 2. The molecule has 7 nitrogen and oxygen atoms in total. The van der Waals surface area contributed by atoms with Gasteiger partial charge in [0, 0.05) is 17.4 Å². The third-order valence-electron chi connectivity index (χ3n) is 5.19. The second-order valence-corrected chi connectivity index (χ2v) is 7.42. The molecule has 0 radical (unpaired) electrons. The molecule has 0 aromatic heterocycles. The van der Waals surface area contributed by atoms with Crippen molar-refractivity contribution < 1.29 is 45.6 Å². The second-order valence-electron chi connectivity index (χ2n) is 7.42. The molecule has 34 heavy (non-hydrogen) atoms. The number of methoxy groups -OCH3 is 2. The molecule has 1 aliphatic rings. The summed E-state index contributed by atoms with van der Waals surface area (Å²) in [5.41, 5.74) is 5.00. The van der Waals surface area contributed by atoms with Crippen molar-refractivity contribution in [2.45, 2.75) is 57.8 Å². The van der Waals surface area contributed by atoms with Crippen molar-refractivity contribution >= 4 is 5.71 Å². The van der Waals surface area contributed by atoms with E-state index in [1.54, 1.807) is 20.3 Å². The smallest absolute Gasteiger partial charge is 0 e. The van der Waals surface area contributed by atoms with Gasteiger partial charge in [0.2, 0.25) is 0 Å². The van der Waals surface area contributed by atoms with Gasteiger partial charge in [-0.05, 0) is 81.0 Å². The maximum atomic E-state index is 7.50. The van der Waals surface area contributed by atoms with E-state index in [0.717, 1.165) is 36.5 Å². The molecule has 1 aromatic carbocycles. The largest absolute Gasteiger partial charge is 0 e. The van der Waals surface area contributed by atoms with Crippen LogP contribution in [0.15, 0.2) is 42.1 Å². The molecule has 8 heteroatoms. The predicted molar refractivity (Wildman–Crippen MR) is 124 cm³/mol. The summed E-state index contributed by atoms with van der Waals surface area (Å²) in [5.74, 6) is 2.60. The molecule has 2 atom stereocenters. The van der Waals surface area contributed by atoms with Gasteiger partial charge in [0.15, 0.2) is 11.5 Å². The molecule has 0 bridgehead atoms. The first kappa shape index (κ1) is 36.1. The molecule has 1 aliphatic carbocycles. The molecule has 0 fully saturated rings. The molecule has 2 rings (SSSR count).